The smallest absolute Gasteiger partial charge is 0.303 e. The Morgan fingerprint density at radius 3 is 2.67 bits per heavy atom. The van der Waals surface area contributed by atoms with Crippen LogP contribution < -0.4 is 10.1 Å². The first-order valence-electron chi connectivity index (χ1n) is 6.91. The Labute approximate surface area is 123 Å². The molecule has 0 aliphatic heterocycles. The molecule has 0 aliphatic carbocycles. The van der Waals surface area contributed by atoms with Gasteiger partial charge in [0.1, 0.15) is 0 Å². The van der Waals surface area contributed by atoms with Crippen LogP contribution in [0, 0.1) is 5.82 Å². The van der Waals surface area contributed by atoms with Crippen molar-refractivity contribution in [1.82, 2.24) is 5.32 Å². The maximum atomic E-state index is 13.4. The van der Waals surface area contributed by atoms with Crippen LogP contribution in [0.1, 0.15) is 32.6 Å². The molecule has 0 bridgehead atoms. The first kappa shape index (κ1) is 16.9. The summed E-state index contributed by atoms with van der Waals surface area (Å²) in [5, 5.41) is 11.2. The minimum atomic E-state index is -0.814. The molecule has 6 heteroatoms. The summed E-state index contributed by atoms with van der Waals surface area (Å²) < 4.78 is 18.6. The number of carbonyl (C=O) groups excluding carboxylic acids is 1. The summed E-state index contributed by atoms with van der Waals surface area (Å²) in [5.41, 5.74) is 0. The molecular weight excluding hydrogens is 277 g/mol. The highest BCUT2D eigenvalue weighted by Crippen LogP contribution is 2.16. The molecule has 1 rings (SSSR count). The normalized spacial score (nSPS) is 11.7. The molecular formula is C15H20FNO4. The molecule has 1 aromatic rings. The molecule has 0 radical (unpaired) electrons. The number of carboxylic acids is 1. The van der Waals surface area contributed by atoms with Gasteiger partial charge in [0.25, 0.3) is 5.91 Å². The predicted octanol–water partition coefficient (Wildman–Crippen LogP) is 2.35. The number of nitrogens with one attached hydrogen (secondary N) is 1. The van der Waals surface area contributed by atoms with Crippen molar-refractivity contribution < 1.29 is 23.8 Å². The SMILES string of the molecule is CC(Oc1ccccc1F)C(=O)NCCCCCC(=O)O. The van der Waals surface area contributed by atoms with Crippen molar-refractivity contribution in [3.05, 3.63) is 30.1 Å². The third-order valence-corrected chi connectivity index (χ3v) is 2.88. The van der Waals surface area contributed by atoms with Gasteiger partial charge in [0.2, 0.25) is 0 Å². The number of carboxylic acid groups (broad SMARTS) is 1. The molecule has 5 nitrogen and oxygen atoms in total. The number of hydrogen-bond acceptors (Lipinski definition) is 3. The largest absolute Gasteiger partial charge is 0.481 e. The second kappa shape index (κ2) is 8.94. The van der Waals surface area contributed by atoms with Crippen LogP contribution in [-0.2, 0) is 9.59 Å². The summed E-state index contributed by atoms with van der Waals surface area (Å²) in [6.07, 6.45) is 1.37. The maximum Gasteiger partial charge on any atom is 0.303 e. The number of halogens is 1. The number of aliphatic carboxylic acids is 1. The molecule has 1 atom stereocenters. The van der Waals surface area contributed by atoms with E-state index in [9.17, 15) is 14.0 Å². The van der Waals surface area contributed by atoms with Gasteiger partial charge in [-0.3, -0.25) is 9.59 Å². The Balaban J connectivity index is 2.23. The molecule has 1 unspecified atom stereocenters. The van der Waals surface area contributed by atoms with Gasteiger partial charge in [-0.2, -0.15) is 0 Å². The zero-order chi connectivity index (χ0) is 15.7. The average Bonchev–Trinajstić information content (AvgIpc) is 2.44. The molecule has 2 N–H and O–H groups in total. The fourth-order valence-electron chi connectivity index (χ4n) is 1.72. The van der Waals surface area contributed by atoms with E-state index in [2.05, 4.69) is 5.32 Å². The lowest BCUT2D eigenvalue weighted by atomic mass is 10.2. The van der Waals surface area contributed by atoms with Crippen molar-refractivity contribution in [2.75, 3.05) is 6.54 Å². The maximum absolute atomic E-state index is 13.4. The Morgan fingerprint density at radius 1 is 1.29 bits per heavy atom. The summed E-state index contributed by atoms with van der Waals surface area (Å²) in [4.78, 5) is 22.1. The molecule has 0 aromatic heterocycles. The number of para-hydroxylation sites is 1. The lowest BCUT2D eigenvalue weighted by Gasteiger charge is -2.15. The van der Waals surface area contributed by atoms with E-state index in [-0.39, 0.29) is 18.1 Å². The highest BCUT2D eigenvalue weighted by molar-refractivity contribution is 5.80. The van der Waals surface area contributed by atoms with Crippen LogP contribution >= 0.6 is 0 Å². The predicted molar refractivity (Wildman–Crippen MR) is 75.6 cm³/mol. The number of benzene rings is 1. The Hall–Kier alpha value is -2.11. The first-order valence-corrected chi connectivity index (χ1v) is 6.91. The van der Waals surface area contributed by atoms with Crippen molar-refractivity contribution in [2.24, 2.45) is 0 Å². The van der Waals surface area contributed by atoms with E-state index in [1.165, 1.54) is 12.1 Å². The van der Waals surface area contributed by atoms with Gasteiger partial charge < -0.3 is 15.2 Å². The lowest BCUT2D eigenvalue weighted by Crippen LogP contribution is -2.36. The third-order valence-electron chi connectivity index (χ3n) is 2.88. The quantitative estimate of drug-likeness (QED) is 0.686. The molecule has 21 heavy (non-hydrogen) atoms. The van der Waals surface area contributed by atoms with Crippen LogP contribution in [0.2, 0.25) is 0 Å². The molecule has 1 amide bonds. The van der Waals surface area contributed by atoms with Crippen LogP contribution in [-0.4, -0.2) is 29.6 Å². The van der Waals surface area contributed by atoms with Crippen molar-refractivity contribution in [3.8, 4) is 5.75 Å². The number of unbranched alkanes of at least 4 members (excludes halogenated alkanes) is 2. The van der Waals surface area contributed by atoms with Crippen molar-refractivity contribution >= 4 is 11.9 Å². The van der Waals surface area contributed by atoms with Crippen LogP contribution in [0.25, 0.3) is 0 Å². The summed E-state index contributed by atoms with van der Waals surface area (Å²) in [7, 11) is 0. The monoisotopic (exact) mass is 297 g/mol. The van der Waals surface area contributed by atoms with Crippen molar-refractivity contribution in [3.63, 3.8) is 0 Å². The van der Waals surface area contributed by atoms with Gasteiger partial charge in [-0.1, -0.05) is 18.6 Å². The Kier molecular flexibility index (Phi) is 7.21. The van der Waals surface area contributed by atoms with Gasteiger partial charge in [0.15, 0.2) is 17.7 Å². The van der Waals surface area contributed by atoms with Crippen LogP contribution in [0.3, 0.4) is 0 Å². The molecule has 0 saturated carbocycles. The minimum absolute atomic E-state index is 0.0432. The van der Waals surface area contributed by atoms with Crippen molar-refractivity contribution in [1.29, 1.82) is 0 Å². The van der Waals surface area contributed by atoms with E-state index >= 15 is 0 Å². The molecule has 0 fully saturated rings. The summed E-state index contributed by atoms with van der Waals surface area (Å²) in [5.74, 6) is -1.60. The van der Waals surface area contributed by atoms with Crippen LogP contribution in [0.4, 0.5) is 4.39 Å². The molecule has 0 saturated heterocycles. The van der Waals surface area contributed by atoms with E-state index in [1.807, 2.05) is 0 Å². The minimum Gasteiger partial charge on any atom is -0.481 e. The second-order valence-electron chi connectivity index (χ2n) is 4.69. The molecule has 116 valence electrons. The number of ether oxygens (including phenoxy) is 1. The van der Waals surface area contributed by atoms with E-state index < -0.39 is 17.9 Å². The number of carbonyl (C=O) groups is 2. The number of amides is 1. The third kappa shape index (κ3) is 6.74. The molecule has 0 heterocycles. The van der Waals surface area contributed by atoms with Gasteiger partial charge in [0.05, 0.1) is 0 Å². The summed E-state index contributed by atoms with van der Waals surface area (Å²) in [6, 6.07) is 5.91. The first-order chi connectivity index (χ1) is 10.0. The fraction of sp³-hybridized carbons (Fsp3) is 0.467. The Morgan fingerprint density at radius 2 is 2.00 bits per heavy atom. The number of rotatable bonds is 9. The zero-order valence-electron chi connectivity index (χ0n) is 12.0. The van der Waals surface area contributed by atoms with Gasteiger partial charge in [-0.25, -0.2) is 4.39 Å². The summed E-state index contributed by atoms with van der Waals surface area (Å²) in [6.45, 7) is 2.00. The Bertz CT molecular complexity index is 478. The highest BCUT2D eigenvalue weighted by Gasteiger charge is 2.15. The van der Waals surface area contributed by atoms with E-state index in [4.69, 9.17) is 9.84 Å². The van der Waals surface area contributed by atoms with Crippen LogP contribution in [0.15, 0.2) is 24.3 Å². The topological polar surface area (TPSA) is 75.6 Å². The summed E-state index contributed by atoms with van der Waals surface area (Å²) >= 11 is 0. The fourth-order valence-corrected chi connectivity index (χ4v) is 1.72. The zero-order valence-corrected chi connectivity index (χ0v) is 12.0. The molecule has 0 aliphatic rings. The van der Waals surface area contributed by atoms with Gasteiger partial charge >= 0.3 is 5.97 Å². The van der Waals surface area contributed by atoms with Gasteiger partial charge in [-0.15, -0.1) is 0 Å². The van der Waals surface area contributed by atoms with E-state index in [0.717, 1.165) is 6.42 Å². The molecule has 1 aromatic carbocycles. The standard InChI is InChI=1S/C15H20FNO4/c1-11(21-13-8-5-4-7-12(13)16)15(20)17-10-6-2-3-9-14(18)19/h4-5,7-8,11H,2-3,6,9-10H2,1H3,(H,17,20)(H,18,19). The van der Waals surface area contributed by atoms with E-state index in [1.54, 1.807) is 19.1 Å². The number of hydrogen-bond donors (Lipinski definition) is 2. The van der Waals surface area contributed by atoms with Gasteiger partial charge in [-0.05, 0) is 31.9 Å². The van der Waals surface area contributed by atoms with Crippen LogP contribution in [0.5, 0.6) is 5.75 Å². The highest BCUT2D eigenvalue weighted by atomic mass is 19.1. The molecule has 0 spiro atoms. The van der Waals surface area contributed by atoms with Crippen molar-refractivity contribution in [2.45, 2.75) is 38.7 Å². The second-order valence-corrected chi connectivity index (χ2v) is 4.69. The van der Waals surface area contributed by atoms with Gasteiger partial charge in [0, 0.05) is 13.0 Å². The van der Waals surface area contributed by atoms with E-state index in [0.29, 0.717) is 19.4 Å². The average molecular weight is 297 g/mol. The lowest BCUT2D eigenvalue weighted by molar-refractivity contribution is -0.137.